The number of rotatable bonds is 2. The van der Waals surface area contributed by atoms with Crippen molar-refractivity contribution < 1.29 is 9.59 Å². The molecule has 0 saturated heterocycles. The first-order valence-electron chi connectivity index (χ1n) is 9.78. The van der Waals surface area contributed by atoms with Crippen LogP contribution in [0.2, 0.25) is 0 Å². The van der Waals surface area contributed by atoms with E-state index >= 15 is 0 Å². The third-order valence-electron chi connectivity index (χ3n) is 6.10. The summed E-state index contributed by atoms with van der Waals surface area (Å²) in [6.07, 6.45) is 3.12. The lowest BCUT2D eigenvalue weighted by Gasteiger charge is -2.33. The Hall–Kier alpha value is -3.20. The molecule has 0 saturated carbocycles. The van der Waals surface area contributed by atoms with E-state index in [2.05, 4.69) is 18.2 Å². The summed E-state index contributed by atoms with van der Waals surface area (Å²) < 4.78 is 0. The SMILES string of the molecule is CN(C(=O)c1ccc2c(c1)C(=O)c1ccccc1-2)[C@H]1CCCc2ccccc21. The molecule has 28 heavy (non-hydrogen) atoms. The molecule has 1 amide bonds. The lowest BCUT2D eigenvalue weighted by molar-refractivity contribution is 0.0715. The second-order valence-corrected chi connectivity index (χ2v) is 7.66. The van der Waals surface area contributed by atoms with Gasteiger partial charge < -0.3 is 4.90 Å². The summed E-state index contributed by atoms with van der Waals surface area (Å²) in [4.78, 5) is 27.9. The fourth-order valence-corrected chi connectivity index (χ4v) is 4.64. The maximum Gasteiger partial charge on any atom is 0.254 e. The van der Waals surface area contributed by atoms with Gasteiger partial charge in [-0.3, -0.25) is 9.59 Å². The van der Waals surface area contributed by atoms with Crippen LogP contribution in [0.4, 0.5) is 0 Å². The minimum absolute atomic E-state index is 0.00548. The molecule has 0 spiro atoms. The molecule has 3 heteroatoms. The summed E-state index contributed by atoms with van der Waals surface area (Å²) in [5.74, 6) is -0.0285. The number of amides is 1. The average Bonchev–Trinajstić information content (AvgIpc) is 3.04. The molecule has 0 aliphatic heterocycles. The molecule has 0 heterocycles. The van der Waals surface area contributed by atoms with Crippen molar-refractivity contribution in [2.75, 3.05) is 7.05 Å². The third-order valence-corrected chi connectivity index (χ3v) is 6.10. The molecule has 2 aliphatic rings. The van der Waals surface area contributed by atoms with E-state index in [0.29, 0.717) is 11.1 Å². The molecule has 5 rings (SSSR count). The van der Waals surface area contributed by atoms with Crippen molar-refractivity contribution in [3.63, 3.8) is 0 Å². The van der Waals surface area contributed by atoms with E-state index in [0.717, 1.165) is 36.0 Å². The van der Waals surface area contributed by atoms with Crippen LogP contribution < -0.4 is 0 Å². The minimum Gasteiger partial charge on any atom is -0.335 e. The molecule has 3 aromatic rings. The molecule has 0 radical (unpaired) electrons. The molecule has 138 valence electrons. The van der Waals surface area contributed by atoms with E-state index in [1.54, 1.807) is 6.07 Å². The van der Waals surface area contributed by atoms with Gasteiger partial charge in [0.15, 0.2) is 5.78 Å². The Bertz CT molecular complexity index is 1120. The van der Waals surface area contributed by atoms with E-state index < -0.39 is 0 Å². The first kappa shape index (κ1) is 16.9. The summed E-state index contributed by atoms with van der Waals surface area (Å²) in [7, 11) is 1.87. The van der Waals surface area contributed by atoms with Crippen LogP contribution in [0.25, 0.3) is 11.1 Å². The molecular formula is C25H21NO2. The van der Waals surface area contributed by atoms with Crippen molar-refractivity contribution in [1.29, 1.82) is 0 Å². The average molecular weight is 367 g/mol. The van der Waals surface area contributed by atoms with E-state index in [1.807, 2.05) is 54.4 Å². The highest BCUT2D eigenvalue weighted by molar-refractivity contribution is 6.22. The molecular weight excluding hydrogens is 346 g/mol. The van der Waals surface area contributed by atoms with E-state index in [-0.39, 0.29) is 17.7 Å². The van der Waals surface area contributed by atoms with Crippen LogP contribution in [-0.4, -0.2) is 23.6 Å². The topological polar surface area (TPSA) is 37.4 Å². The van der Waals surface area contributed by atoms with Gasteiger partial charge in [-0.25, -0.2) is 0 Å². The van der Waals surface area contributed by atoms with Gasteiger partial charge in [-0.05, 0) is 53.6 Å². The summed E-state index contributed by atoms with van der Waals surface area (Å²) >= 11 is 0. The molecule has 0 fully saturated rings. The van der Waals surface area contributed by atoms with Crippen molar-refractivity contribution >= 4 is 11.7 Å². The predicted octanol–water partition coefficient (Wildman–Crippen LogP) is 5.05. The van der Waals surface area contributed by atoms with Gasteiger partial charge in [0.1, 0.15) is 0 Å². The fraction of sp³-hybridized carbons (Fsp3) is 0.200. The summed E-state index contributed by atoms with van der Waals surface area (Å²) in [6.45, 7) is 0. The van der Waals surface area contributed by atoms with E-state index in [4.69, 9.17) is 0 Å². The highest BCUT2D eigenvalue weighted by Gasteiger charge is 2.30. The Kier molecular flexibility index (Phi) is 3.90. The number of carbonyl (C=O) groups excluding carboxylic acids is 2. The predicted molar refractivity (Wildman–Crippen MR) is 110 cm³/mol. The zero-order chi connectivity index (χ0) is 19.3. The summed E-state index contributed by atoms with van der Waals surface area (Å²) in [5, 5.41) is 0. The number of benzene rings is 3. The normalized spacial score (nSPS) is 16.9. The fourth-order valence-electron chi connectivity index (χ4n) is 4.64. The lowest BCUT2D eigenvalue weighted by Crippen LogP contribution is -2.33. The summed E-state index contributed by atoms with van der Waals surface area (Å²) in [5.41, 5.74) is 6.37. The molecule has 2 aliphatic carbocycles. The van der Waals surface area contributed by atoms with Crippen molar-refractivity contribution in [2.45, 2.75) is 25.3 Å². The summed E-state index contributed by atoms with van der Waals surface area (Å²) in [6, 6.07) is 21.6. The standard InChI is InChI=1S/C25H21NO2/c1-26(23-12-6-8-16-7-2-3-9-18(16)23)25(28)17-13-14-20-19-10-4-5-11-21(19)24(27)22(20)15-17/h2-5,7,9-11,13-15,23H,6,8,12H2,1H3/t23-/m0/s1. The monoisotopic (exact) mass is 367 g/mol. The number of hydrogen-bond donors (Lipinski definition) is 0. The lowest BCUT2D eigenvalue weighted by atomic mass is 9.86. The van der Waals surface area contributed by atoms with Gasteiger partial charge in [-0.15, -0.1) is 0 Å². The quantitative estimate of drug-likeness (QED) is 0.497. The van der Waals surface area contributed by atoms with Crippen molar-refractivity contribution in [3.8, 4) is 11.1 Å². The van der Waals surface area contributed by atoms with Crippen molar-refractivity contribution in [3.05, 3.63) is 94.5 Å². The number of nitrogens with zero attached hydrogens (tertiary/aromatic N) is 1. The Morgan fingerprint density at radius 3 is 2.46 bits per heavy atom. The van der Waals surface area contributed by atoms with Crippen LogP contribution in [0.5, 0.6) is 0 Å². The second-order valence-electron chi connectivity index (χ2n) is 7.66. The third kappa shape index (κ3) is 2.50. The van der Waals surface area contributed by atoms with Gasteiger partial charge in [-0.2, -0.15) is 0 Å². The van der Waals surface area contributed by atoms with Crippen molar-refractivity contribution in [1.82, 2.24) is 4.90 Å². The smallest absolute Gasteiger partial charge is 0.254 e. The molecule has 0 bridgehead atoms. The van der Waals surface area contributed by atoms with Crippen LogP contribution in [-0.2, 0) is 6.42 Å². The van der Waals surface area contributed by atoms with Gasteiger partial charge in [0.25, 0.3) is 5.91 Å². The second kappa shape index (κ2) is 6.45. The highest BCUT2D eigenvalue weighted by atomic mass is 16.2. The first-order valence-corrected chi connectivity index (χ1v) is 9.78. The Labute approximate surface area is 164 Å². The highest BCUT2D eigenvalue weighted by Crippen LogP contribution is 2.38. The van der Waals surface area contributed by atoms with Crippen LogP contribution in [0.1, 0.15) is 56.3 Å². The molecule has 1 atom stereocenters. The van der Waals surface area contributed by atoms with Gasteiger partial charge >= 0.3 is 0 Å². The molecule has 0 unspecified atom stereocenters. The van der Waals surface area contributed by atoms with E-state index in [9.17, 15) is 9.59 Å². The Morgan fingerprint density at radius 1 is 0.893 bits per heavy atom. The van der Waals surface area contributed by atoms with Gasteiger partial charge in [0.2, 0.25) is 0 Å². The zero-order valence-corrected chi connectivity index (χ0v) is 15.8. The van der Waals surface area contributed by atoms with E-state index in [1.165, 1.54) is 11.1 Å². The van der Waals surface area contributed by atoms with Crippen LogP contribution in [0.3, 0.4) is 0 Å². The van der Waals surface area contributed by atoms with Crippen LogP contribution in [0, 0.1) is 0 Å². The van der Waals surface area contributed by atoms with Gasteiger partial charge in [-0.1, -0.05) is 54.6 Å². The molecule has 3 aromatic carbocycles. The minimum atomic E-state index is -0.0340. The van der Waals surface area contributed by atoms with Crippen LogP contribution in [0.15, 0.2) is 66.7 Å². The van der Waals surface area contributed by atoms with Crippen LogP contribution >= 0.6 is 0 Å². The Balaban J connectivity index is 1.48. The largest absolute Gasteiger partial charge is 0.335 e. The number of carbonyl (C=O) groups is 2. The first-order chi connectivity index (χ1) is 13.6. The molecule has 3 nitrogen and oxygen atoms in total. The maximum atomic E-state index is 13.2. The maximum absolute atomic E-state index is 13.2. The van der Waals surface area contributed by atoms with Gasteiger partial charge in [0.05, 0.1) is 6.04 Å². The van der Waals surface area contributed by atoms with Gasteiger partial charge in [0, 0.05) is 23.7 Å². The van der Waals surface area contributed by atoms with Crippen molar-refractivity contribution in [2.24, 2.45) is 0 Å². The zero-order valence-electron chi connectivity index (χ0n) is 15.8. The number of fused-ring (bicyclic) bond motifs is 4. The Morgan fingerprint density at radius 2 is 1.61 bits per heavy atom. The molecule has 0 N–H and O–H groups in total. The number of hydrogen-bond acceptors (Lipinski definition) is 2. The number of ketones is 1. The molecule has 0 aromatic heterocycles. The number of aryl methyl sites for hydroxylation is 1.